The molecular weight excluding hydrogens is 382 g/mol. The summed E-state index contributed by atoms with van der Waals surface area (Å²) in [5, 5.41) is 0. The summed E-state index contributed by atoms with van der Waals surface area (Å²) in [7, 11) is -3.65. The van der Waals surface area contributed by atoms with Crippen molar-refractivity contribution in [3.63, 3.8) is 0 Å². The Bertz CT molecular complexity index is 847. The van der Waals surface area contributed by atoms with E-state index in [4.69, 9.17) is 4.74 Å². The van der Waals surface area contributed by atoms with Gasteiger partial charge in [-0.2, -0.15) is 4.31 Å². The van der Waals surface area contributed by atoms with Gasteiger partial charge in [-0.15, -0.1) is 0 Å². The second-order valence-corrected chi connectivity index (χ2v) is 8.82. The van der Waals surface area contributed by atoms with Crippen LogP contribution in [0.25, 0.3) is 0 Å². The van der Waals surface area contributed by atoms with E-state index in [1.807, 2.05) is 6.92 Å². The van der Waals surface area contributed by atoms with Crippen LogP contribution in [-0.4, -0.2) is 69.0 Å². The van der Waals surface area contributed by atoms with Crippen molar-refractivity contribution in [2.24, 2.45) is 0 Å². The molecule has 154 valence electrons. The molecule has 1 aromatic carbocycles. The minimum atomic E-state index is -3.65. The van der Waals surface area contributed by atoms with E-state index in [1.54, 1.807) is 30.0 Å². The van der Waals surface area contributed by atoms with Crippen LogP contribution in [0.4, 0.5) is 10.5 Å². The zero-order valence-corrected chi connectivity index (χ0v) is 17.2. The third kappa shape index (κ3) is 4.00. The monoisotopic (exact) mass is 409 g/mol. The van der Waals surface area contributed by atoms with Crippen LogP contribution < -0.4 is 4.90 Å². The third-order valence-corrected chi connectivity index (χ3v) is 7.07. The Morgan fingerprint density at radius 3 is 2.43 bits per heavy atom. The number of nitrogens with zero attached hydrogens (tertiary/aromatic N) is 3. The summed E-state index contributed by atoms with van der Waals surface area (Å²) in [6, 6.07) is 5.01. The van der Waals surface area contributed by atoms with Crippen molar-refractivity contribution >= 4 is 27.7 Å². The molecule has 0 N–H and O–H groups in total. The molecule has 0 spiro atoms. The summed E-state index contributed by atoms with van der Waals surface area (Å²) in [6.45, 7) is 5.61. The fourth-order valence-corrected chi connectivity index (χ4v) is 5.13. The zero-order valence-electron chi connectivity index (χ0n) is 16.4. The first kappa shape index (κ1) is 20.6. The van der Waals surface area contributed by atoms with Gasteiger partial charge in [0, 0.05) is 44.8 Å². The van der Waals surface area contributed by atoms with E-state index in [-0.39, 0.29) is 23.9 Å². The van der Waals surface area contributed by atoms with E-state index in [2.05, 4.69) is 0 Å². The van der Waals surface area contributed by atoms with Gasteiger partial charge in [0.2, 0.25) is 15.9 Å². The first-order valence-electron chi connectivity index (χ1n) is 9.73. The van der Waals surface area contributed by atoms with Crippen LogP contribution in [0.3, 0.4) is 0 Å². The van der Waals surface area contributed by atoms with Crippen LogP contribution in [0, 0.1) is 0 Å². The Balaban J connectivity index is 1.76. The molecule has 0 unspecified atom stereocenters. The number of ether oxygens (including phenoxy) is 1. The smallest absolute Gasteiger partial charge is 0.409 e. The minimum Gasteiger partial charge on any atom is -0.450 e. The lowest BCUT2D eigenvalue weighted by Gasteiger charge is -2.34. The van der Waals surface area contributed by atoms with E-state index in [9.17, 15) is 18.0 Å². The summed E-state index contributed by atoms with van der Waals surface area (Å²) in [5.41, 5.74) is 1.70. The van der Waals surface area contributed by atoms with Crippen molar-refractivity contribution in [1.29, 1.82) is 0 Å². The lowest BCUT2D eigenvalue weighted by atomic mass is 10.0. The summed E-state index contributed by atoms with van der Waals surface area (Å²) in [5.74, 6) is 0.0478. The van der Waals surface area contributed by atoms with Crippen molar-refractivity contribution in [2.75, 3.05) is 44.2 Å². The van der Waals surface area contributed by atoms with Gasteiger partial charge in [0.25, 0.3) is 0 Å². The maximum atomic E-state index is 13.1. The number of sulfonamides is 1. The number of amides is 2. The second kappa shape index (κ2) is 8.48. The highest BCUT2D eigenvalue weighted by Crippen LogP contribution is 2.31. The predicted molar refractivity (Wildman–Crippen MR) is 105 cm³/mol. The number of piperazine rings is 1. The number of carbonyl (C=O) groups is 2. The molecule has 0 saturated carbocycles. The Hall–Kier alpha value is -2.13. The molecule has 0 atom stereocenters. The van der Waals surface area contributed by atoms with Gasteiger partial charge in [-0.1, -0.05) is 6.92 Å². The number of carbonyl (C=O) groups excluding carboxylic acids is 2. The van der Waals surface area contributed by atoms with Gasteiger partial charge in [-0.05, 0) is 43.5 Å². The Kier molecular flexibility index (Phi) is 6.24. The maximum Gasteiger partial charge on any atom is 0.409 e. The average molecular weight is 410 g/mol. The van der Waals surface area contributed by atoms with Crippen molar-refractivity contribution in [1.82, 2.24) is 9.21 Å². The van der Waals surface area contributed by atoms with E-state index in [0.717, 1.165) is 24.1 Å². The lowest BCUT2D eigenvalue weighted by molar-refractivity contribution is -0.118. The van der Waals surface area contributed by atoms with Crippen LogP contribution in [0.15, 0.2) is 23.1 Å². The highest BCUT2D eigenvalue weighted by Gasteiger charge is 2.32. The molecule has 2 heterocycles. The van der Waals surface area contributed by atoms with Crippen LogP contribution in [0.1, 0.15) is 32.3 Å². The Morgan fingerprint density at radius 1 is 1.07 bits per heavy atom. The number of anilines is 1. The Labute approximate surface area is 166 Å². The molecular formula is C19H27N3O5S. The lowest BCUT2D eigenvalue weighted by Crippen LogP contribution is -2.50. The second-order valence-electron chi connectivity index (χ2n) is 6.88. The normalized spacial score (nSPS) is 17.9. The van der Waals surface area contributed by atoms with E-state index < -0.39 is 16.1 Å². The highest BCUT2D eigenvalue weighted by atomic mass is 32.2. The molecule has 9 heteroatoms. The number of aryl methyl sites for hydroxylation is 1. The molecule has 0 bridgehead atoms. The molecule has 3 rings (SSSR count). The molecule has 0 radical (unpaired) electrons. The number of hydrogen-bond acceptors (Lipinski definition) is 5. The number of hydrogen-bond donors (Lipinski definition) is 0. The number of rotatable bonds is 4. The summed E-state index contributed by atoms with van der Waals surface area (Å²) < 4.78 is 32.5. The van der Waals surface area contributed by atoms with Gasteiger partial charge in [0.15, 0.2) is 0 Å². The molecule has 2 amide bonds. The topological polar surface area (TPSA) is 87.2 Å². The van der Waals surface area contributed by atoms with Gasteiger partial charge in [-0.3, -0.25) is 4.79 Å². The zero-order chi connectivity index (χ0) is 20.3. The Morgan fingerprint density at radius 2 is 1.79 bits per heavy atom. The molecule has 0 aromatic heterocycles. The summed E-state index contributed by atoms with van der Waals surface area (Å²) in [6.07, 6.45) is 1.59. The van der Waals surface area contributed by atoms with Gasteiger partial charge in [0.1, 0.15) is 0 Å². The molecule has 1 fully saturated rings. The van der Waals surface area contributed by atoms with Gasteiger partial charge >= 0.3 is 6.09 Å². The van der Waals surface area contributed by atoms with Gasteiger partial charge in [0.05, 0.1) is 11.5 Å². The molecule has 8 nitrogen and oxygen atoms in total. The first-order valence-corrected chi connectivity index (χ1v) is 11.2. The molecule has 2 aliphatic heterocycles. The maximum absolute atomic E-state index is 13.1. The molecule has 1 saturated heterocycles. The quantitative estimate of drug-likeness (QED) is 0.757. The van der Waals surface area contributed by atoms with Gasteiger partial charge in [-0.25, -0.2) is 13.2 Å². The van der Waals surface area contributed by atoms with Crippen molar-refractivity contribution in [3.8, 4) is 0 Å². The van der Waals surface area contributed by atoms with Crippen LogP contribution >= 0.6 is 0 Å². The molecule has 1 aromatic rings. The standard InChI is InChI=1S/C19H27N3O5S/c1-3-18(23)22-9-5-6-15-14-16(7-8-17(15)22)28(25,26)21-12-10-20(11-13-21)19(24)27-4-2/h7-8,14H,3-6,9-13H2,1-2H3. The van der Waals surface area contributed by atoms with E-state index in [1.165, 1.54) is 9.21 Å². The van der Waals surface area contributed by atoms with E-state index >= 15 is 0 Å². The molecule has 28 heavy (non-hydrogen) atoms. The van der Waals surface area contributed by atoms with Crippen molar-refractivity contribution in [3.05, 3.63) is 23.8 Å². The van der Waals surface area contributed by atoms with Crippen molar-refractivity contribution in [2.45, 2.75) is 38.0 Å². The predicted octanol–water partition coefficient (Wildman–Crippen LogP) is 1.84. The van der Waals surface area contributed by atoms with Crippen LogP contribution in [0.2, 0.25) is 0 Å². The van der Waals surface area contributed by atoms with Crippen LogP contribution in [0.5, 0.6) is 0 Å². The summed E-state index contributed by atoms with van der Waals surface area (Å²) >= 11 is 0. The third-order valence-electron chi connectivity index (χ3n) is 5.18. The summed E-state index contributed by atoms with van der Waals surface area (Å²) in [4.78, 5) is 27.5. The van der Waals surface area contributed by atoms with E-state index in [0.29, 0.717) is 32.7 Å². The largest absolute Gasteiger partial charge is 0.450 e. The fraction of sp³-hybridized carbons (Fsp3) is 0.579. The fourth-order valence-electron chi connectivity index (χ4n) is 3.66. The SMILES string of the molecule is CCOC(=O)N1CCN(S(=O)(=O)c2ccc3c(c2)CCCN3C(=O)CC)CC1. The van der Waals surface area contributed by atoms with Gasteiger partial charge < -0.3 is 14.5 Å². The van der Waals surface area contributed by atoms with Crippen LogP contribution in [-0.2, 0) is 26.0 Å². The first-order chi connectivity index (χ1) is 13.4. The number of benzene rings is 1. The minimum absolute atomic E-state index is 0.0478. The molecule has 2 aliphatic rings. The molecule has 0 aliphatic carbocycles. The average Bonchev–Trinajstić information content (AvgIpc) is 2.72. The van der Waals surface area contributed by atoms with Crippen molar-refractivity contribution < 1.29 is 22.7 Å². The number of fused-ring (bicyclic) bond motifs is 1. The highest BCUT2D eigenvalue weighted by molar-refractivity contribution is 7.89.